The summed E-state index contributed by atoms with van der Waals surface area (Å²) in [6, 6.07) is 5.14. The van der Waals surface area contributed by atoms with Gasteiger partial charge in [0, 0.05) is 0 Å². The molecule has 1 aliphatic rings. The van der Waals surface area contributed by atoms with Crippen LogP contribution in [0.15, 0.2) is 18.2 Å². The fraction of sp³-hybridized carbons (Fsp3) is 0.500. The first-order valence-corrected chi connectivity index (χ1v) is 7.10. The predicted octanol–water partition coefficient (Wildman–Crippen LogP) is 3.57. The largest absolute Gasteiger partial charge is 0.322 e. The first kappa shape index (κ1) is 14.6. The summed E-state index contributed by atoms with van der Waals surface area (Å²) in [5, 5.41) is 6.79. The van der Waals surface area contributed by atoms with Crippen LogP contribution in [0.4, 0.5) is 5.69 Å². The third kappa shape index (κ3) is 3.85. The van der Waals surface area contributed by atoms with Gasteiger partial charge in [-0.25, -0.2) is 0 Å². The van der Waals surface area contributed by atoms with Gasteiger partial charge in [-0.1, -0.05) is 43.1 Å². The van der Waals surface area contributed by atoms with Gasteiger partial charge in [0.1, 0.15) is 0 Å². The summed E-state index contributed by atoms with van der Waals surface area (Å²) in [6.45, 7) is 5.62. The van der Waals surface area contributed by atoms with E-state index >= 15 is 0 Å². The fourth-order valence-corrected chi connectivity index (χ4v) is 2.58. The summed E-state index contributed by atoms with van der Waals surface area (Å²) in [4.78, 5) is 11.8. The summed E-state index contributed by atoms with van der Waals surface area (Å²) in [5.74, 6) is 0.539. The molecule has 19 heavy (non-hydrogen) atoms. The van der Waals surface area contributed by atoms with Crippen molar-refractivity contribution in [3.63, 3.8) is 0 Å². The quantitative estimate of drug-likeness (QED) is 0.873. The van der Waals surface area contributed by atoms with Crippen molar-refractivity contribution >= 4 is 34.8 Å². The molecule has 3 nitrogen and oxygen atoms in total. The number of hydrogen-bond acceptors (Lipinski definition) is 2. The minimum Gasteiger partial charge on any atom is -0.322 e. The molecule has 1 aromatic rings. The third-order valence-corrected chi connectivity index (χ3v) is 4.25. The zero-order valence-corrected chi connectivity index (χ0v) is 12.6. The Kier molecular flexibility index (Phi) is 4.39. The molecule has 0 bridgehead atoms. The number of anilines is 1. The van der Waals surface area contributed by atoms with E-state index in [0.717, 1.165) is 6.54 Å². The molecule has 1 atom stereocenters. The molecule has 0 heterocycles. The van der Waals surface area contributed by atoms with E-state index in [0.29, 0.717) is 27.1 Å². The highest BCUT2D eigenvalue weighted by Gasteiger charge is 2.44. The van der Waals surface area contributed by atoms with Crippen LogP contribution in [0.25, 0.3) is 0 Å². The summed E-state index contributed by atoms with van der Waals surface area (Å²) in [6.07, 6.45) is 1.22. The number of para-hydroxylation sites is 1. The molecule has 104 valence electrons. The van der Waals surface area contributed by atoms with Crippen LogP contribution < -0.4 is 10.6 Å². The Bertz CT molecular complexity index is 468. The van der Waals surface area contributed by atoms with Crippen molar-refractivity contribution in [3.8, 4) is 0 Å². The molecule has 1 saturated carbocycles. The zero-order chi connectivity index (χ0) is 14.0. The number of carbonyl (C=O) groups excluding carboxylic acids is 1. The van der Waals surface area contributed by atoms with Crippen LogP contribution in [0.2, 0.25) is 10.0 Å². The second kappa shape index (κ2) is 5.70. The lowest BCUT2D eigenvalue weighted by molar-refractivity contribution is -0.115. The van der Waals surface area contributed by atoms with E-state index in [2.05, 4.69) is 24.5 Å². The fourth-order valence-electron chi connectivity index (χ4n) is 2.09. The first-order chi connectivity index (χ1) is 8.90. The van der Waals surface area contributed by atoms with Crippen LogP contribution in [0.3, 0.4) is 0 Å². The second-order valence-corrected chi connectivity index (χ2v) is 6.48. The average molecular weight is 301 g/mol. The van der Waals surface area contributed by atoms with E-state index in [1.54, 1.807) is 18.2 Å². The van der Waals surface area contributed by atoms with Gasteiger partial charge in [-0.2, -0.15) is 0 Å². The van der Waals surface area contributed by atoms with Gasteiger partial charge in [-0.05, 0) is 36.4 Å². The Hall–Kier alpha value is -0.770. The molecule has 0 saturated heterocycles. The lowest BCUT2D eigenvalue weighted by Crippen LogP contribution is -2.30. The first-order valence-electron chi connectivity index (χ1n) is 6.35. The van der Waals surface area contributed by atoms with Crippen molar-refractivity contribution in [1.82, 2.24) is 5.32 Å². The Morgan fingerprint density at radius 3 is 2.47 bits per heavy atom. The molecule has 0 aromatic heterocycles. The Morgan fingerprint density at radius 2 is 1.95 bits per heavy atom. The molecule has 1 aliphatic carbocycles. The third-order valence-electron chi connectivity index (χ3n) is 3.62. The zero-order valence-electron chi connectivity index (χ0n) is 11.1. The van der Waals surface area contributed by atoms with E-state index in [9.17, 15) is 4.79 Å². The number of benzene rings is 1. The van der Waals surface area contributed by atoms with Crippen LogP contribution in [0, 0.1) is 11.3 Å². The molecular weight excluding hydrogens is 283 g/mol. The molecule has 1 aromatic carbocycles. The highest BCUT2D eigenvalue weighted by atomic mass is 35.5. The predicted molar refractivity (Wildman–Crippen MR) is 79.8 cm³/mol. The van der Waals surface area contributed by atoms with Gasteiger partial charge in [0.2, 0.25) is 5.91 Å². The molecule has 1 fully saturated rings. The van der Waals surface area contributed by atoms with Crippen LogP contribution >= 0.6 is 23.2 Å². The van der Waals surface area contributed by atoms with E-state index in [-0.39, 0.29) is 12.5 Å². The highest BCUT2D eigenvalue weighted by Crippen LogP contribution is 2.50. The summed E-state index contributed by atoms with van der Waals surface area (Å²) in [7, 11) is 0. The average Bonchev–Trinajstić information content (AvgIpc) is 2.92. The maximum Gasteiger partial charge on any atom is 0.238 e. The van der Waals surface area contributed by atoms with Gasteiger partial charge < -0.3 is 10.6 Å². The van der Waals surface area contributed by atoms with Gasteiger partial charge in [0.15, 0.2) is 0 Å². The van der Waals surface area contributed by atoms with Gasteiger partial charge in [-0.15, -0.1) is 0 Å². The molecular formula is C14H18Cl2N2O. The van der Waals surface area contributed by atoms with Crippen molar-refractivity contribution in [2.24, 2.45) is 11.3 Å². The Morgan fingerprint density at radius 1 is 1.37 bits per heavy atom. The van der Waals surface area contributed by atoms with Crippen molar-refractivity contribution in [2.75, 3.05) is 18.4 Å². The number of amides is 1. The van der Waals surface area contributed by atoms with Crippen molar-refractivity contribution in [1.29, 1.82) is 0 Å². The molecule has 2 N–H and O–H groups in total. The smallest absolute Gasteiger partial charge is 0.238 e. The standard InChI is InChI=1S/C14H18Cl2N2O/c1-14(2)6-9(14)7-17-8-12(19)18-13-10(15)4-3-5-11(13)16/h3-5,9,17H,6-8H2,1-2H3,(H,18,19). The Labute approximate surface area is 123 Å². The number of nitrogens with one attached hydrogen (secondary N) is 2. The second-order valence-electron chi connectivity index (χ2n) is 5.67. The van der Waals surface area contributed by atoms with Crippen LogP contribution in [-0.2, 0) is 4.79 Å². The number of halogens is 2. The molecule has 1 amide bonds. The monoisotopic (exact) mass is 300 g/mol. The van der Waals surface area contributed by atoms with Gasteiger partial charge in [-0.3, -0.25) is 4.79 Å². The van der Waals surface area contributed by atoms with Gasteiger partial charge in [0.25, 0.3) is 0 Å². The molecule has 1 unspecified atom stereocenters. The summed E-state index contributed by atoms with van der Waals surface area (Å²) >= 11 is 12.0. The maximum absolute atomic E-state index is 11.8. The van der Waals surface area contributed by atoms with Gasteiger partial charge >= 0.3 is 0 Å². The van der Waals surface area contributed by atoms with E-state index in [1.165, 1.54) is 6.42 Å². The minimum atomic E-state index is -0.131. The van der Waals surface area contributed by atoms with E-state index in [4.69, 9.17) is 23.2 Å². The van der Waals surface area contributed by atoms with Crippen LogP contribution in [-0.4, -0.2) is 19.0 Å². The van der Waals surface area contributed by atoms with E-state index in [1.807, 2.05) is 0 Å². The van der Waals surface area contributed by atoms with Gasteiger partial charge in [0.05, 0.1) is 22.3 Å². The maximum atomic E-state index is 11.8. The molecule has 5 heteroatoms. The summed E-state index contributed by atoms with van der Waals surface area (Å²) < 4.78 is 0. The molecule has 0 spiro atoms. The topological polar surface area (TPSA) is 41.1 Å². The minimum absolute atomic E-state index is 0.131. The van der Waals surface area contributed by atoms with Crippen molar-refractivity contribution in [3.05, 3.63) is 28.2 Å². The number of carbonyl (C=O) groups is 1. The number of hydrogen-bond donors (Lipinski definition) is 2. The molecule has 0 radical (unpaired) electrons. The molecule has 2 rings (SSSR count). The van der Waals surface area contributed by atoms with Crippen molar-refractivity contribution in [2.45, 2.75) is 20.3 Å². The number of rotatable bonds is 5. The lowest BCUT2D eigenvalue weighted by Gasteiger charge is -2.10. The normalized spacial score (nSPS) is 20.1. The lowest BCUT2D eigenvalue weighted by atomic mass is 10.1. The summed E-state index contributed by atoms with van der Waals surface area (Å²) in [5.41, 5.74) is 0.902. The Balaban J connectivity index is 1.78. The van der Waals surface area contributed by atoms with Crippen LogP contribution in [0.5, 0.6) is 0 Å². The highest BCUT2D eigenvalue weighted by molar-refractivity contribution is 6.39. The van der Waals surface area contributed by atoms with Crippen molar-refractivity contribution < 1.29 is 4.79 Å². The van der Waals surface area contributed by atoms with E-state index < -0.39 is 0 Å². The SMILES string of the molecule is CC1(C)CC1CNCC(=O)Nc1c(Cl)cccc1Cl. The van der Waals surface area contributed by atoms with Crippen LogP contribution in [0.1, 0.15) is 20.3 Å². The molecule has 0 aliphatic heterocycles.